The molecule has 9 atom stereocenters. The van der Waals surface area contributed by atoms with Crippen molar-refractivity contribution in [1.29, 1.82) is 0 Å². The summed E-state index contributed by atoms with van der Waals surface area (Å²) in [7, 11) is 2.71. The predicted octanol–water partition coefficient (Wildman–Crippen LogP) is 4.59. The second kappa shape index (κ2) is 19.6. The fourth-order valence-electron chi connectivity index (χ4n) is 7.36. The molecule has 4 heterocycles. The second-order valence-corrected chi connectivity index (χ2v) is 14.9. The zero-order valence-corrected chi connectivity index (χ0v) is 31.0. The van der Waals surface area contributed by atoms with Crippen LogP contribution in [0.1, 0.15) is 111 Å². The van der Waals surface area contributed by atoms with Crippen molar-refractivity contribution < 1.29 is 62.5 Å². The van der Waals surface area contributed by atoms with Crippen LogP contribution in [0.5, 0.6) is 0 Å². The Kier molecular flexibility index (Phi) is 15.9. The Hall–Kier alpha value is -2.39. The van der Waals surface area contributed by atoms with E-state index in [1.54, 1.807) is 26.0 Å². The van der Waals surface area contributed by atoms with Gasteiger partial charge < -0.3 is 48.1 Å². The maximum atomic E-state index is 13.3. The van der Waals surface area contributed by atoms with Crippen LogP contribution in [-0.2, 0) is 52.3 Å². The number of cyclic esters (lactones) is 1. The van der Waals surface area contributed by atoms with E-state index < -0.39 is 59.8 Å². The van der Waals surface area contributed by atoms with Gasteiger partial charge in [0.1, 0.15) is 6.10 Å². The fourth-order valence-corrected chi connectivity index (χ4v) is 7.36. The number of fused-ring (bicyclic) bond motifs is 6. The van der Waals surface area contributed by atoms with Crippen LogP contribution in [0.4, 0.5) is 0 Å². The molecule has 0 saturated carbocycles. The van der Waals surface area contributed by atoms with Crippen molar-refractivity contribution in [2.24, 2.45) is 5.41 Å². The van der Waals surface area contributed by atoms with Crippen LogP contribution in [0.25, 0.3) is 0 Å². The van der Waals surface area contributed by atoms with E-state index in [-0.39, 0.29) is 50.6 Å². The van der Waals surface area contributed by atoms with Crippen molar-refractivity contribution >= 4 is 17.9 Å². The molecule has 4 rings (SSSR count). The summed E-state index contributed by atoms with van der Waals surface area (Å²) in [6, 6.07) is 0. The molecule has 1 unspecified atom stereocenters. The third kappa shape index (κ3) is 12.1. The number of carbonyl (C=O) groups excluding carboxylic acids is 3. The third-order valence-corrected chi connectivity index (χ3v) is 10.2. The second-order valence-electron chi connectivity index (χ2n) is 14.9. The highest BCUT2D eigenvalue weighted by atomic mass is 16.7. The summed E-state index contributed by atoms with van der Waals surface area (Å²) in [4.78, 5) is 39.1. The number of esters is 3. The lowest BCUT2D eigenvalue weighted by molar-refractivity contribution is -0.327. The first-order valence-corrected chi connectivity index (χ1v) is 18.7. The highest BCUT2D eigenvalue weighted by Crippen LogP contribution is 2.47. The molecule has 3 saturated heterocycles. The summed E-state index contributed by atoms with van der Waals surface area (Å²) in [6.45, 7) is 5.94. The van der Waals surface area contributed by atoms with Gasteiger partial charge in [-0.2, -0.15) is 0 Å². The highest BCUT2D eigenvalue weighted by Gasteiger charge is 2.57. The Morgan fingerprint density at radius 1 is 0.980 bits per heavy atom. The fraction of sp³-hybridized carbons (Fsp3) is 0.816. The average Bonchev–Trinajstić information content (AvgIpc) is 3.52. The molecular formula is C38H60O13. The molecule has 6 bridgehead atoms. The van der Waals surface area contributed by atoms with Crippen molar-refractivity contribution in [3.63, 3.8) is 0 Å². The molecular weight excluding hydrogens is 664 g/mol. The van der Waals surface area contributed by atoms with Gasteiger partial charge in [-0.1, -0.05) is 52.5 Å². The van der Waals surface area contributed by atoms with Gasteiger partial charge in [-0.15, -0.1) is 0 Å². The SMILES string of the molecule is CCCCCCCC(=O)O[C@H]1/C(=C/C(=O)OC)CC2C[C@H](COC)OC(=O)C[C@H](O)C[C@@H]3CCC[C@H](C[C@@H]4CO[C@H](/C=C/C(C)(C)[C@]1(O)O2)O4)O3. The Labute approximate surface area is 302 Å². The monoisotopic (exact) mass is 724 g/mol. The number of unbranched alkanes of at least 4 members (excludes halogenated alkanes) is 4. The Balaban J connectivity index is 1.68. The van der Waals surface area contributed by atoms with Crippen molar-refractivity contribution in [3.8, 4) is 0 Å². The van der Waals surface area contributed by atoms with Gasteiger partial charge in [-0.25, -0.2) is 4.79 Å². The number of ether oxygens (including phenoxy) is 8. The summed E-state index contributed by atoms with van der Waals surface area (Å²) in [5.41, 5.74) is -0.961. The molecule has 2 N–H and O–H groups in total. The first kappa shape index (κ1) is 41.4. The molecule has 0 amide bonds. The first-order chi connectivity index (χ1) is 24.3. The van der Waals surface area contributed by atoms with Gasteiger partial charge in [-0.3, -0.25) is 9.59 Å². The highest BCUT2D eigenvalue weighted by molar-refractivity contribution is 5.83. The lowest BCUT2D eigenvalue weighted by Crippen LogP contribution is -2.62. The van der Waals surface area contributed by atoms with Gasteiger partial charge in [0.25, 0.3) is 0 Å². The van der Waals surface area contributed by atoms with Gasteiger partial charge in [0, 0.05) is 44.3 Å². The van der Waals surface area contributed by atoms with Crippen LogP contribution in [-0.4, -0.2) is 110 Å². The van der Waals surface area contributed by atoms with Crippen molar-refractivity contribution in [2.75, 3.05) is 27.4 Å². The lowest BCUT2D eigenvalue weighted by atomic mass is 9.74. The molecule has 0 spiro atoms. The summed E-state index contributed by atoms with van der Waals surface area (Å²) in [5, 5.41) is 23.5. The molecule has 51 heavy (non-hydrogen) atoms. The quantitative estimate of drug-likeness (QED) is 0.106. The van der Waals surface area contributed by atoms with E-state index in [4.69, 9.17) is 37.9 Å². The van der Waals surface area contributed by atoms with E-state index >= 15 is 0 Å². The molecule has 4 aliphatic heterocycles. The van der Waals surface area contributed by atoms with Crippen LogP contribution >= 0.6 is 0 Å². The summed E-state index contributed by atoms with van der Waals surface area (Å²) in [6.07, 6.45) is 7.58. The number of aliphatic hydroxyl groups is 2. The molecule has 290 valence electrons. The molecule has 0 aliphatic carbocycles. The zero-order valence-electron chi connectivity index (χ0n) is 31.0. The standard InChI is InChI=1S/C38H60O13/c1-6-7-8-9-10-14-32(40)50-36-25(18-33(41)45-5)17-29-22-30(23-44-4)48-34(42)20-26(39)19-27-12-11-13-28(47-27)21-31-24-46-35(49-31)15-16-37(2,3)38(36,43)51-29/h15-16,18,26-31,35-36,39,43H,6-14,17,19-24H2,1-5H3/b16-15+,25-18+/t26-,27+,28-,29?,30-,31-,35+,36+,38-/m1/s1. The number of rotatable bonds is 10. The Morgan fingerprint density at radius 2 is 1.73 bits per heavy atom. The van der Waals surface area contributed by atoms with E-state index in [1.165, 1.54) is 20.3 Å². The van der Waals surface area contributed by atoms with Gasteiger partial charge >= 0.3 is 17.9 Å². The minimum absolute atomic E-state index is 0.0147. The summed E-state index contributed by atoms with van der Waals surface area (Å²) in [5.74, 6) is -4.04. The lowest BCUT2D eigenvalue weighted by Gasteiger charge is -2.51. The molecule has 13 heteroatoms. The zero-order chi connectivity index (χ0) is 37.0. The van der Waals surface area contributed by atoms with E-state index in [9.17, 15) is 24.6 Å². The smallest absolute Gasteiger partial charge is 0.330 e. The van der Waals surface area contributed by atoms with Crippen LogP contribution in [0.2, 0.25) is 0 Å². The molecule has 0 aromatic rings. The largest absolute Gasteiger partial charge is 0.466 e. The molecule has 0 aromatic heterocycles. The number of carbonyl (C=O) groups is 3. The molecule has 13 nitrogen and oxygen atoms in total. The number of hydrogen-bond acceptors (Lipinski definition) is 13. The normalized spacial score (nSPS) is 36.1. The van der Waals surface area contributed by atoms with Crippen LogP contribution < -0.4 is 0 Å². The molecule has 0 aromatic carbocycles. The minimum atomic E-state index is -2.20. The first-order valence-electron chi connectivity index (χ1n) is 18.7. The average molecular weight is 725 g/mol. The summed E-state index contributed by atoms with van der Waals surface area (Å²) < 4.78 is 47.1. The molecule has 3 fully saturated rings. The maximum Gasteiger partial charge on any atom is 0.330 e. The van der Waals surface area contributed by atoms with E-state index in [0.717, 1.165) is 44.9 Å². The van der Waals surface area contributed by atoms with E-state index in [1.807, 2.05) is 0 Å². The Bertz CT molecular complexity index is 1200. The van der Waals surface area contributed by atoms with Gasteiger partial charge in [0.15, 0.2) is 12.4 Å². The van der Waals surface area contributed by atoms with Crippen molar-refractivity contribution in [1.82, 2.24) is 0 Å². The van der Waals surface area contributed by atoms with Crippen molar-refractivity contribution in [2.45, 2.75) is 165 Å². The van der Waals surface area contributed by atoms with E-state index in [0.29, 0.717) is 31.4 Å². The number of methoxy groups -OCH3 is 2. The predicted molar refractivity (Wildman–Crippen MR) is 184 cm³/mol. The summed E-state index contributed by atoms with van der Waals surface area (Å²) >= 11 is 0. The maximum absolute atomic E-state index is 13.3. The number of hydrogen-bond donors (Lipinski definition) is 2. The Morgan fingerprint density at radius 3 is 2.45 bits per heavy atom. The van der Waals surface area contributed by atoms with Gasteiger partial charge in [0.2, 0.25) is 5.79 Å². The van der Waals surface area contributed by atoms with Crippen molar-refractivity contribution in [3.05, 3.63) is 23.8 Å². The molecule has 0 radical (unpaired) electrons. The van der Waals surface area contributed by atoms with E-state index in [2.05, 4.69) is 6.92 Å². The van der Waals surface area contributed by atoms with Crippen LogP contribution in [0, 0.1) is 5.41 Å². The number of aliphatic hydroxyl groups excluding tert-OH is 1. The van der Waals surface area contributed by atoms with Crippen LogP contribution in [0.3, 0.4) is 0 Å². The molecule has 4 aliphatic rings. The third-order valence-electron chi connectivity index (χ3n) is 10.2. The minimum Gasteiger partial charge on any atom is -0.466 e. The topological polar surface area (TPSA) is 166 Å². The van der Waals surface area contributed by atoms with Gasteiger partial charge in [-0.05, 0) is 43.8 Å². The van der Waals surface area contributed by atoms with Crippen LogP contribution in [0.15, 0.2) is 23.8 Å². The van der Waals surface area contributed by atoms with Gasteiger partial charge in [0.05, 0.1) is 57.3 Å².